The topological polar surface area (TPSA) is 64.7 Å². The van der Waals surface area contributed by atoms with E-state index in [-0.39, 0.29) is 23.5 Å². The fraction of sp³-hybridized carbons (Fsp3) is 0.333. The van der Waals surface area contributed by atoms with Gasteiger partial charge in [0.05, 0.1) is 11.1 Å². The molecule has 0 aliphatic rings. The van der Waals surface area contributed by atoms with Crippen LogP contribution in [0.4, 0.5) is 58.7 Å². The maximum absolute atomic E-state index is 13.2. The van der Waals surface area contributed by atoms with E-state index in [1.54, 1.807) is 38.1 Å². The van der Waals surface area contributed by atoms with Gasteiger partial charge in [0.25, 0.3) is 0 Å². The van der Waals surface area contributed by atoms with E-state index in [0.29, 0.717) is 24.2 Å². The van der Waals surface area contributed by atoms with Crippen LogP contribution in [0.1, 0.15) is 51.7 Å². The number of urea groups is 2. The van der Waals surface area contributed by atoms with Crippen molar-refractivity contribution in [3.05, 3.63) is 83.9 Å². The highest BCUT2D eigenvalue weighted by Crippen LogP contribution is 2.33. The van der Waals surface area contributed by atoms with Crippen molar-refractivity contribution in [1.29, 1.82) is 0 Å². The first-order valence-corrected chi connectivity index (χ1v) is 13.3. The van der Waals surface area contributed by atoms with Gasteiger partial charge in [-0.2, -0.15) is 26.3 Å². The summed E-state index contributed by atoms with van der Waals surface area (Å²) in [6.45, 7) is 7.28. The minimum Gasteiger partial charge on any atom is -0.308 e. The Morgan fingerprint density at radius 2 is 0.976 bits per heavy atom. The molecule has 3 aromatic rings. The predicted molar refractivity (Wildman–Crippen MR) is 152 cm³/mol. The van der Waals surface area contributed by atoms with Crippen molar-refractivity contribution >= 4 is 34.8 Å². The summed E-state index contributed by atoms with van der Waals surface area (Å²) in [4.78, 5) is 29.3. The van der Waals surface area contributed by atoms with Crippen LogP contribution in [0.25, 0.3) is 0 Å². The van der Waals surface area contributed by atoms with Crippen molar-refractivity contribution in [2.24, 2.45) is 0 Å². The Labute approximate surface area is 240 Å². The molecule has 0 heterocycles. The van der Waals surface area contributed by atoms with Crippen molar-refractivity contribution in [3.8, 4) is 0 Å². The summed E-state index contributed by atoms with van der Waals surface area (Å²) in [5.41, 5.74) is -0.968. The van der Waals surface area contributed by atoms with Crippen molar-refractivity contribution in [2.45, 2.75) is 65.0 Å². The number of alkyl halides is 6. The van der Waals surface area contributed by atoms with Crippen molar-refractivity contribution in [1.82, 2.24) is 0 Å². The molecule has 0 spiro atoms. The third-order valence-corrected chi connectivity index (χ3v) is 6.79. The van der Waals surface area contributed by atoms with E-state index < -0.39 is 35.5 Å². The molecule has 226 valence electrons. The molecule has 0 aliphatic heterocycles. The molecule has 0 aliphatic carbocycles. The summed E-state index contributed by atoms with van der Waals surface area (Å²) in [5.74, 6) is 0. The van der Waals surface area contributed by atoms with E-state index >= 15 is 0 Å². The van der Waals surface area contributed by atoms with Gasteiger partial charge >= 0.3 is 24.4 Å². The number of amides is 4. The van der Waals surface area contributed by atoms with Crippen LogP contribution < -0.4 is 20.4 Å². The standard InChI is InChI=1S/C30H32F6N4O2/c1-5-19(3)39(27(41)37-23-11-7-9-21(17-23)29(31,32)33)25-13-15-26(16-14-25)40(20(4)6-2)28(42)38-24-12-8-10-22(18-24)30(34,35)36/h7-20H,5-6H2,1-4H3,(H,37,41)(H,38,42)/t19-,20-/m1/s1. The first kappa shape index (κ1) is 32.3. The maximum Gasteiger partial charge on any atom is 0.416 e. The molecule has 0 saturated heterocycles. The Kier molecular flexibility index (Phi) is 10.1. The van der Waals surface area contributed by atoms with E-state index in [1.807, 2.05) is 13.8 Å². The van der Waals surface area contributed by atoms with E-state index in [0.717, 1.165) is 24.3 Å². The number of nitrogens with zero attached hydrogens (tertiary/aromatic N) is 2. The molecule has 6 nitrogen and oxygen atoms in total. The second-order valence-electron chi connectivity index (χ2n) is 9.79. The second-order valence-corrected chi connectivity index (χ2v) is 9.79. The number of halogens is 6. The van der Waals surface area contributed by atoms with Gasteiger partial charge in [-0.15, -0.1) is 0 Å². The number of nitrogens with one attached hydrogen (secondary N) is 2. The number of anilines is 4. The van der Waals surface area contributed by atoms with Crippen LogP contribution in [0.15, 0.2) is 72.8 Å². The Morgan fingerprint density at radius 3 is 1.26 bits per heavy atom. The zero-order chi connectivity index (χ0) is 31.2. The fourth-order valence-corrected chi connectivity index (χ4v) is 4.20. The molecule has 4 amide bonds. The summed E-state index contributed by atoms with van der Waals surface area (Å²) in [5, 5.41) is 5.05. The van der Waals surface area contributed by atoms with Gasteiger partial charge in [-0.3, -0.25) is 9.80 Å². The largest absolute Gasteiger partial charge is 0.416 e. The van der Waals surface area contributed by atoms with Gasteiger partial charge in [-0.05, 0) is 87.4 Å². The number of hydrogen-bond acceptors (Lipinski definition) is 2. The van der Waals surface area contributed by atoms with Crippen molar-refractivity contribution < 1.29 is 35.9 Å². The zero-order valence-corrected chi connectivity index (χ0v) is 23.5. The van der Waals surface area contributed by atoms with Crippen molar-refractivity contribution in [3.63, 3.8) is 0 Å². The smallest absolute Gasteiger partial charge is 0.308 e. The Morgan fingerprint density at radius 1 is 0.643 bits per heavy atom. The number of carbonyl (C=O) groups excluding carboxylic acids is 2. The molecule has 12 heteroatoms. The van der Waals surface area contributed by atoms with Crippen LogP contribution in [0.5, 0.6) is 0 Å². The van der Waals surface area contributed by atoms with Gasteiger partial charge in [0.2, 0.25) is 0 Å². The normalized spacial score (nSPS) is 13.2. The van der Waals surface area contributed by atoms with Gasteiger partial charge in [-0.1, -0.05) is 26.0 Å². The molecular weight excluding hydrogens is 562 g/mol. The Hall–Kier alpha value is -4.22. The van der Waals surface area contributed by atoms with Crippen LogP contribution >= 0.6 is 0 Å². The zero-order valence-electron chi connectivity index (χ0n) is 23.5. The predicted octanol–water partition coefficient (Wildman–Crippen LogP) is 9.40. The van der Waals surface area contributed by atoms with Crippen LogP contribution in [0, 0.1) is 0 Å². The van der Waals surface area contributed by atoms with Gasteiger partial charge < -0.3 is 10.6 Å². The highest BCUT2D eigenvalue weighted by molar-refractivity contribution is 6.04. The Bertz CT molecular complexity index is 1270. The minimum atomic E-state index is -4.57. The van der Waals surface area contributed by atoms with Gasteiger partial charge in [0.15, 0.2) is 0 Å². The first-order chi connectivity index (χ1) is 19.6. The lowest BCUT2D eigenvalue weighted by Crippen LogP contribution is -2.42. The van der Waals surface area contributed by atoms with Crippen LogP contribution in [-0.2, 0) is 12.4 Å². The average Bonchev–Trinajstić information content (AvgIpc) is 2.93. The molecular formula is C30H32F6N4O2. The Balaban J connectivity index is 1.87. The van der Waals surface area contributed by atoms with Crippen LogP contribution in [0.2, 0.25) is 0 Å². The van der Waals surface area contributed by atoms with Crippen molar-refractivity contribution in [2.75, 3.05) is 20.4 Å². The van der Waals surface area contributed by atoms with Crippen LogP contribution in [-0.4, -0.2) is 24.1 Å². The van der Waals surface area contributed by atoms with Gasteiger partial charge in [0.1, 0.15) is 0 Å². The molecule has 3 rings (SSSR count). The summed E-state index contributed by atoms with van der Waals surface area (Å²) in [6.07, 6.45) is -8.06. The third kappa shape index (κ3) is 7.95. The number of rotatable bonds is 8. The second kappa shape index (κ2) is 13.2. The fourth-order valence-electron chi connectivity index (χ4n) is 4.20. The summed E-state index contributed by atoms with van der Waals surface area (Å²) in [6, 6.07) is 13.1. The lowest BCUT2D eigenvalue weighted by Gasteiger charge is -2.31. The van der Waals surface area contributed by atoms with Crippen LogP contribution in [0.3, 0.4) is 0 Å². The minimum absolute atomic E-state index is 0.0195. The lowest BCUT2D eigenvalue weighted by molar-refractivity contribution is -0.138. The van der Waals surface area contributed by atoms with E-state index in [2.05, 4.69) is 10.6 Å². The summed E-state index contributed by atoms with van der Waals surface area (Å²) >= 11 is 0. The summed E-state index contributed by atoms with van der Waals surface area (Å²) in [7, 11) is 0. The monoisotopic (exact) mass is 594 g/mol. The SMILES string of the molecule is CC[C@@H](C)N(C(=O)Nc1cccc(C(F)(F)F)c1)c1ccc(N(C(=O)Nc2cccc(C(F)(F)F)c2)[C@H](C)CC)cc1. The average molecular weight is 595 g/mol. The number of hydrogen-bond donors (Lipinski definition) is 2. The highest BCUT2D eigenvalue weighted by atomic mass is 19.4. The third-order valence-electron chi connectivity index (χ3n) is 6.79. The molecule has 0 aromatic heterocycles. The molecule has 3 aromatic carbocycles. The van der Waals surface area contributed by atoms with E-state index in [4.69, 9.17) is 0 Å². The molecule has 0 radical (unpaired) electrons. The lowest BCUT2D eigenvalue weighted by atomic mass is 10.1. The molecule has 2 N–H and O–H groups in total. The summed E-state index contributed by atoms with van der Waals surface area (Å²) < 4.78 is 78.8. The van der Waals surface area contributed by atoms with E-state index in [9.17, 15) is 35.9 Å². The first-order valence-electron chi connectivity index (χ1n) is 13.3. The number of carbonyl (C=O) groups is 2. The quantitative estimate of drug-likeness (QED) is 0.255. The highest BCUT2D eigenvalue weighted by Gasteiger charge is 2.32. The maximum atomic E-state index is 13.2. The molecule has 42 heavy (non-hydrogen) atoms. The van der Waals surface area contributed by atoms with E-state index in [1.165, 1.54) is 34.1 Å². The molecule has 0 saturated carbocycles. The molecule has 0 unspecified atom stereocenters. The van der Waals surface area contributed by atoms with Gasteiger partial charge in [-0.25, -0.2) is 9.59 Å². The molecule has 0 bridgehead atoms. The number of benzene rings is 3. The molecule has 0 fully saturated rings. The van der Waals surface area contributed by atoms with Gasteiger partial charge in [0, 0.05) is 34.8 Å². The molecule has 2 atom stereocenters.